The summed E-state index contributed by atoms with van der Waals surface area (Å²) >= 11 is 5.80. The standard InChI is InChI=1S/C10H13ClO2/c1-7(2)13-9-5-4-8(11)6-10(9)12-3/h4-7H,1-3H3. The van der Waals surface area contributed by atoms with Gasteiger partial charge in [-0.1, -0.05) is 11.6 Å². The lowest BCUT2D eigenvalue weighted by Crippen LogP contribution is -2.06. The van der Waals surface area contributed by atoms with Crippen LogP contribution in [0.3, 0.4) is 0 Å². The van der Waals surface area contributed by atoms with Gasteiger partial charge in [0.25, 0.3) is 0 Å². The molecule has 0 amide bonds. The van der Waals surface area contributed by atoms with Crippen molar-refractivity contribution in [3.05, 3.63) is 23.2 Å². The molecule has 13 heavy (non-hydrogen) atoms. The number of halogens is 1. The number of hydrogen-bond donors (Lipinski definition) is 0. The highest BCUT2D eigenvalue weighted by Crippen LogP contribution is 2.30. The van der Waals surface area contributed by atoms with E-state index in [1.54, 1.807) is 25.3 Å². The minimum Gasteiger partial charge on any atom is -0.493 e. The van der Waals surface area contributed by atoms with Gasteiger partial charge in [-0.2, -0.15) is 0 Å². The predicted molar refractivity (Wildman–Crippen MR) is 53.8 cm³/mol. The Hall–Kier alpha value is -0.890. The van der Waals surface area contributed by atoms with Crippen molar-refractivity contribution in [3.63, 3.8) is 0 Å². The molecule has 0 heterocycles. The molecule has 72 valence electrons. The van der Waals surface area contributed by atoms with Crippen LogP contribution in [0.4, 0.5) is 0 Å². The minimum atomic E-state index is 0.134. The molecule has 2 nitrogen and oxygen atoms in total. The zero-order valence-electron chi connectivity index (χ0n) is 8.00. The molecule has 1 aromatic carbocycles. The summed E-state index contributed by atoms with van der Waals surface area (Å²) in [5.74, 6) is 1.39. The molecule has 0 aliphatic carbocycles. The Kier molecular flexibility index (Phi) is 3.43. The van der Waals surface area contributed by atoms with E-state index in [4.69, 9.17) is 21.1 Å². The topological polar surface area (TPSA) is 18.5 Å². The Morgan fingerprint density at radius 2 is 1.92 bits per heavy atom. The SMILES string of the molecule is COc1cc(Cl)ccc1OC(C)C. The molecule has 0 atom stereocenters. The zero-order valence-corrected chi connectivity index (χ0v) is 8.76. The Morgan fingerprint density at radius 3 is 2.46 bits per heavy atom. The maximum absolute atomic E-state index is 5.80. The summed E-state index contributed by atoms with van der Waals surface area (Å²) in [7, 11) is 1.60. The van der Waals surface area contributed by atoms with Crippen LogP contribution < -0.4 is 9.47 Å². The molecule has 3 heteroatoms. The number of hydrogen-bond acceptors (Lipinski definition) is 2. The fourth-order valence-electron chi connectivity index (χ4n) is 0.993. The Morgan fingerprint density at radius 1 is 1.23 bits per heavy atom. The van der Waals surface area contributed by atoms with Gasteiger partial charge in [0, 0.05) is 11.1 Å². The van der Waals surface area contributed by atoms with E-state index in [0.29, 0.717) is 10.8 Å². The van der Waals surface area contributed by atoms with Crippen LogP contribution in [0.1, 0.15) is 13.8 Å². The molecule has 0 aliphatic rings. The molecular formula is C10H13ClO2. The van der Waals surface area contributed by atoms with E-state index in [0.717, 1.165) is 5.75 Å². The van der Waals surface area contributed by atoms with E-state index < -0.39 is 0 Å². The van der Waals surface area contributed by atoms with Gasteiger partial charge < -0.3 is 9.47 Å². The largest absolute Gasteiger partial charge is 0.493 e. The Bertz CT molecular complexity index is 284. The smallest absolute Gasteiger partial charge is 0.162 e. The fourth-order valence-corrected chi connectivity index (χ4v) is 1.15. The first kappa shape index (κ1) is 10.2. The van der Waals surface area contributed by atoms with Gasteiger partial charge in [0.05, 0.1) is 13.2 Å². The maximum atomic E-state index is 5.80. The van der Waals surface area contributed by atoms with Crippen LogP contribution in [0.25, 0.3) is 0 Å². The molecule has 0 radical (unpaired) electrons. The third-order valence-corrected chi connectivity index (χ3v) is 1.72. The summed E-state index contributed by atoms with van der Waals surface area (Å²) < 4.78 is 10.6. The predicted octanol–water partition coefficient (Wildman–Crippen LogP) is 3.14. The molecule has 0 N–H and O–H groups in total. The van der Waals surface area contributed by atoms with Gasteiger partial charge in [0.2, 0.25) is 0 Å². The van der Waals surface area contributed by atoms with Crippen LogP contribution in [-0.4, -0.2) is 13.2 Å². The van der Waals surface area contributed by atoms with Crippen LogP contribution in [0.2, 0.25) is 5.02 Å². The van der Waals surface area contributed by atoms with Crippen molar-refractivity contribution in [3.8, 4) is 11.5 Å². The van der Waals surface area contributed by atoms with Gasteiger partial charge in [0.1, 0.15) is 0 Å². The second kappa shape index (κ2) is 4.38. The van der Waals surface area contributed by atoms with Crippen LogP contribution in [0, 0.1) is 0 Å². The van der Waals surface area contributed by atoms with Crippen molar-refractivity contribution >= 4 is 11.6 Å². The molecule has 0 saturated heterocycles. The van der Waals surface area contributed by atoms with Crippen LogP contribution in [0.5, 0.6) is 11.5 Å². The second-order valence-corrected chi connectivity index (χ2v) is 3.40. The van der Waals surface area contributed by atoms with Crippen molar-refractivity contribution in [2.45, 2.75) is 20.0 Å². The summed E-state index contributed by atoms with van der Waals surface area (Å²) in [4.78, 5) is 0. The van der Waals surface area contributed by atoms with Gasteiger partial charge in [-0.05, 0) is 26.0 Å². The molecule has 1 rings (SSSR count). The number of rotatable bonds is 3. The van der Waals surface area contributed by atoms with Crippen molar-refractivity contribution in [1.29, 1.82) is 0 Å². The molecule has 0 spiro atoms. The Balaban J connectivity index is 2.92. The first-order valence-corrected chi connectivity index (χ1v) is 4.51. The summed E-state index contributed by atoms with van der Waals surface area (Å²) in [6, 6.07) is 5.32. The third kappa shape index (κ3) is 2.81. The van der Waals surface area contributed by atoms with Crippen molar-refractivity contribution in [1.82, 2.24) is 0 Å². The average Bonchev–Trinajstić information content (AvgIpc) is 2.07. The van der Waals surface area contributed by atoms with E-state index in [-0.39, 0.29) is 6.10 Å². The molecule has 0 fully saturated rings. The highest BCUT2D eigenvalue weighted by atomic mass is 35.5. The lowest BCUT2D eigenvalue weighted by molar-refractivity contribution is 0.230. The molecule has 0 bridgehead atoms. The fraction of sp³-hybridized carbons (Fsp3) is 0.400. The van der Waals surface area contributed by atoms with E-state index in [1.165, 1.54) is 0 Å². The molecule has 0 unspecified atom stereocenters. The minimum absolute atomic E-state index is 0.134. The second-order valence-electron chi connectivity index (χ2n) is 2.96. The lowest BCUT2D eigenvalue weighted by Gasteiger charge is -2.13. The lowest BCUT2D eigenvalue weighted by atomic mass is 10.3. The summed E-state index contributed by atoms with van der Waals surface area (Å²) in [6.45, 7) is 3.93. The van der Waals surface area contributed by atoms with E-state index in [2.05, 4.69) is 0 Å². The molecule has 0 saturated carbocycles. The van der Waals surface area contributed by atoms with E-state index in [1.807, 2.05) is 13.8 Å². The van der Waals surface area contributed by atoms with E-state index in [9.17, 15) is 0 Å². The van der Waals surface area contributed by atoms with Gasteiger partial charge >= 0.3 is 0 Å². The molecule has 1 aromatic rings. The zero-order chi connectivity index (χ0) is 9.84. The molecular weight excluding hydrogens is 188 g/mol. The van der Waals surface area contributed by atoms with Crippen LogP contribution in [-0.2, 0) is 0 Å². The highest BCUT2D eigenvalue weighted by molar-refractivity contribution is 6.30. The summed E-state index contributed by atoms with van der Waals surface area (Å²) in [5.41, 5.74) is 0. The first-order chi connectivity index (χ1) is 6.13. The average molecular weight is 201 g/mol. The van der Waals surface area contributed by atoms with Crippen molar-refractivity contribution < 1.29 is 9.47 Å². The van der Waals surface area contributed by atoms with Gasteiger partial charge in [-0.15, -0.1) is 0 Å². The van der Waals surface area contributed by atoms with Gasteiger partial charge in [-0.3, -0.25) is 0 Å². The number of benzene rings is 1. The van der Waals surface area contributed by atoms with Crippen LogP contribution in [0.15, 0.2) is 18.2 Å². The number of ether oxygens (including phenoxy) is 2. The molecule has 0 aromatic heterocycles. The quantitative estimate of drug-likeness (QED) is 0.747. The molecule has 0 aliphatic heterocycles. The van der Waals surface area contributed by atoms with Crippen molar-refractivity contribution in [2.24, 2.45) is 0 Å². The normalized spacial score (nSPS) is 10.2. The van der Waals surface area contributed by atoms with Crippen LogP contribution >= 0.6 is 11.6 Å². The Labute approximate surface area is 83.4 Å². The van der Waals surface area contributed by atoms with Crippen molar-refractivity contribution in [2.75, 3.05) is 7.11 Å². The van der Waals surface area contributed by atoms with Gasteiger partial charge in [0.15, 0.2) is 11.5 Å². The number of methoxy groups -OCH3 is 1. The van der Waals surface area contributed by atoms with E-state index >= 15 is 0 Å². The highest BCUT2D eigenvalue weighted by Gasteiger charge is 2.05. The maximum Gasteiger partial charge on any atom is 0.162 e. The summed E-state index contributed by atoms with van der Waals surface area (Å²) in [5, 5.41) is 0.646. The third-order valence-electron chi connectivity index (χ3n) is 1.49. The summed E-state index contributed by atoms with van der Waals surface area (Å²) in [6.07, 6.45) is 0.134. The first-order valence-electron chi connectivity index (χ1n) is 4.13. The van der Waals surface area contributed by atoms with Gasteiger partial charge in [-0.25, -0.2) is 0 Å². The monoisotopic (exact) mass is 200 g/mol.